The van der Waals surface area contributed by atoms with Crippen LogP contribution in [-0.2, 0) is 29.8 Å². The molecule has 0 atom stereocenters. The Hall–Kier alpha value is -1.94. The van der Waals surface area contributed by atoms with Crippen LogP contribution < -0.4 is 9.47 Å². The Morgan fingerprint density at radius 2 is 1.07 bits per heavy atom. The van der Waals surface area contributed by atoms with Crippen LogP contribution in [0.15, 0.2) is 36.4 Å². The first-order chi connectivity index (χ1) is 19.0. The zero-order chi connectivity index (χ0) is 29.2. The van der Waals surface area contributed by atoms with Crippen molar-refractivity contribution in [2.75, 3.05) is 67.1 Å². The van der Waals surface area contributed by atoms with Gasteiger partial charge in [0.2, 0.25) is 0 Å². The first-order valence-electron chi connectivity index (χ1n) is 13.8. The monoisotopic (exact) mass is 590 g/mol. The SMILES string of the molecule is COCCOCCOc1cc(C(C)(C)C)c(OCCOCCOC)cc1-c1ccc(-c2ccc(C(C)(C)C)s2)s1. The van der Waals surface area contributed by atoms with Gasteiger partial charge in [0.05, 0.1) is 39.6 Å². The molecule has 0 saturated carbocycles. The van der Waals surface area contributed by atoms with Gasteiger partial charge in [-0.25, -0.2) is 0 Å². The van der Waals surface area contributed by atoms with Gasteiger partial charge in [0.25, 0.3) is 0 Å². The van der Waals surface area contributed by atoms with Gasteiger partial charge >= 0.3 is 0 Å². The molecule has 3 aromatic rings. The number of benzene rings is 1. The second kappa shape index (κ2) is 15.3. The van der Waals surface area contributed by atoms with Crippen molar-refractivity contribution in [3.63, 3.8) is 0 Å². The zero-order valence-corrected chi connectivity index (χ0v) is 27.0. The maximum absolute atomic E-state index is 6.35. The molecule has 0 amide bonds. The summed E-state index contributed by atoms with van der Waals surface area (Å²) in [7, 11) is 3.34. The van der Waals surface area contributed by atoms with Crippen LogP contribution in [0.25, 0.3) is 20.2 Å². The summed E-state index contributed by atoms with van der Waals surface area (Å²) < 4.78 is 34.1. The van der Waals surface area contributed by atoms with E-state index in [4.69, 9.17) is 28.4 Å². The van der Waals surface area contributed by atoms with Crippen LogP contribution in [-0.4, -0.2) is 67.1 Å². The van der Waals surface area contributed by atoms with E-state index < -0.39 is 0 Å². The van der Waals surface area contributed by atoms with Crippen molar-refractivity contribution in [3.8, 4) is 31.7 Å². The topological polar surface area (TPSA) is 55.4 Å². The first kappa shape index (κ1) is 32.6. The van der Waals surface area contributed by atoms with E-state index >= 15 is 0 Å². The minimum absolute atomic E-state index is 0.137. The third-order valence-corrected chi connectivity index (χ3v) is 9.01. The molecule has 0 aliphatic heterocycles. The lowest BCUT2D eigenvalue weighted by Crippen LogP contribution is -2.17. The van der Waals surface area contributed by atoms with Gasteiger partial charge in [0.1, 0.15) is 24.7 Å². The Balaban J connectivity index is 1.91. The van der Waals surface area contributed by atoms with Crippen LogP contribution in [0.1, 0.15) is 52.0 Å². The molecule has 1 aromatic carbocycles. The molecule has 0 unspecified atom stereocenters. The zero-order valence-electron chi connectivity index (χ0n) is 25.4. The van der Waals surface area contributed by atoms with Crippen LogP contribution in [0.4, 0.5) is 0 Å². The fraction of sp³-hybridized carbons (Fsp3) is 0.562. The highest BCUT2D eigenvalue weighted by Crippen LogP contribution is 2.46. The second-order valence-corrected chi connectivity index (χ2v) is 13.7. The number of rotatable bonds is 16. The summed E-state index contributed by atoms with van der Waals surface area (Å²) in [5, 5.41) is 0. The molecule has 2 aromatic heterocycles. The summed E-state index contributed by atoms with van der Waals surface area (Å²) in [5.41, 5.74) is 2.11. The summed E-state index contributed by atoms with van der Waals surface area (Å²) in [6.07, 6.45) is 0. The number of methoxy groups -OCH3 is 2. The van der Waals surface area contributed by atoms with Gasteiger partial charge in [-0.3, -0.25) is 0 Å². The molecule has 222 valence electrons. The lowest BCUT2D eigenvalue weighted by atomic mass is 9.85. The van der Waals surface area contributed by atoms with Gasteiger partial charge in [-0.1, -0.05) is 41.5 Å². The third-order valence-electron chi connectivity index (χ3n) is 6.18. The van der Waals surface area contributed by atoms with E-state index in [1.807, 2.05) is 11.3 Å². The lowest BCUT2D eigenvalue weighted by molar-refractivity contribution is 0.0536. The van der Waals surface area contributed by atoms with Crippen molar-refractivity contribution in [1.82, 2.24) is 0 Å². The second-order valence-electron chi connectivity index (χ2n) is 11.6. The fourth-order valence-electron chi connectivity index (χ4n) is 3.98. The van der Waals surface area contributed by atoms with Crippen LogP contribution in [0.5, 0.6) is 11.5 Å². The Kier molecular flexibility index (Phi) is 12.5. The number of ether oxygens (including phenoxy) is 6. The minimum Gasteiger partial charge on any atom is -0.491 e. The Morgan fingerprint density at radius 3 is 1.62 bits per heavy atom. The van der Waals surface area contributed by atoms with Gasteiger partial charge in [-0.2, -0.15) is 0 Å². The van der Waals surface area contributed by atoms with Crippen LogP contribution in [0.2, 0.25) is 0 Å². The number of hydrogen-bond donors (Lipinski definition) is 0. The molecule has 0 aliphatic carbocycles. The molecule has 0 N–H and O–H groups in total. The summed E-state index contributed by atoms with van der Waals surface area (Å²) in [6.45, 7) is 17.5. The van der Waals surface area contributed by atoms with Crippen molar-refractivity contribution < 1.29 is 28.4 Å². The van der Waals surface area contributed by atoms with Crippen LogP contribution in [0, 0.1) is 0 Å². The van der Waals surface area contributed by atoms with E-state index in [1.54, 1.807) is 25.6 Å². The normalized spacial score (nSPS) is 12.2. The Bertz CT molecular complexity index is 1170. The predicted molar refractivity (Wildman–Crippen MR) is 167 cm³/mol. The number of hydrogen-bond acceptors (Lipinski definition) is 8. The lowest BCUT2D eigenvalue weighted by Gasteiger charge is -2.25. The highest BCUT2D eigenvalue weighted by Gasteiger charge is 2.24. The highest BCUT2D eigenvalue weighted by molar-refractivity contribution is 7.24. The molecule has 8 heteroatoms. The number of thiophene rings is 2. The van der Waals surface area contributed by atoms with Crippen molar-refractivity contribution in [2.24, 2.45) is 0 Å². The molecule has 0 bridgehead atoms. The largest absolute Gasteiger partial charge is 0.491 e. The summed E-state index contributed by atoms with van der Waals surface area (Å²) in [5.74, 6) is 1.68. The quantitative estimate of drug-likeness (QED) is 0.159. The van der Waals surface area contributed by atoms with E-state index in [2.05, 4.69) is 77.9 Å². The molecule has 40 heavy (non-hydrogen) atoms. The van der Waals surface area contributed by atoms with Crippen molar-refractivity contribution in [1.29, 1.82) is 0 Å². The molecule has 0 radical (unpaired) electrons. The van der Waals surface area contributed by atoms with Gasteiger partial charge in [0, 0.05) is 44.9 Å². The summed E-state index contributed by atoms with van der Waals surface area (Å²) in [6, 6.07) is 13.1. The maximum atomic E-state index is 6.35. The van der Waals surface area contributed by atoms with Gasteiger partial charge in [-0.15, -0.1) is 22.7 Å². The molecule has 0 spiro atoms. The van der Waals surface area contributed by atoms with E-state index in [-0.39, 0.29) is 10.8 Å². The van der Waals surface area contributed by atoms with Crippen molar-refractivity contribution in [3.05, 3.63) is 46.8 Å². The average Bonchev–Trinajstić information content (AvgIpc) is 3.58. The molecule has 2 heterocycles. The van der Waals surface area contributed by atoms with E-state index in [0.29, 0.717) is 52.9 Å². The van der Waals surface area contributed by atoms with Crippen LogP contribution >= 0.6 is 22.7 Å². The molecular formula is C32H46O6S2. The van der Waals surface area contributed by atoms with E-state index in [0.717, 1.165) is 27.5 Å². The summed E-state index contributed by atoms with van der Waals surface area (Å²) >= 11 is 3.64. The predicted octanol–water partition coefficient (Wildman–Crippen LogP) is 7.82. The minimum atomic E-state index is -0.140. The summed E-state index contributed by atoms with van der Waals surface area (Å²) in [4.78, 5) is 5.05. The smallest absolute Gasteiger partial charge is 0.128 e. The van der Waals surface area contributed by atoms with E-state index in [9.17, 15) is 0 Å². The van der Waals surface area contributed by atoms with Gasteiger partial charge in [-0.05, 0) is 47.2 Å². The standard InChI is InChI=1S/C32H46O6S2/c1-31(2,3)24-22-25(37-19-17-35-15-13-33-7)23(21-26(24)38-20-18-36-16-14-34-8)27-9-10-28(39-27)29-11-12-30(40-29)32(4,5)6/h9-12,21-22H,13-20H2,1-8H3. The maximum Gasteiger partial charge on any atom is 0.128 e. The molecule has 0 aliphatic rings. The molecule has 3 rings (SSSR count). The Labute approximate surface area is 248 Å². The average molecular weight is 591 g/mol. The molecular weight excluding hydrogens is 544 g/mol. The first-order valence-corrected chi connectivity index (χ1v) is 15.5. The van der Waals surface area contributed by atoms with Crippen molar-refractivity contribution in [2.45, 2.75) is 52.4 Å². The molecule has 0 fully saturated rings. The van der Waals surface area contributed by atoms with Crippen molar-refractivity contribution >= 4 is 22.7 Å². The van der Waals surface area contributed by atoms with Gasteiger partial charge in [0.15, 0.2) is 0 Å². The van der Waals surface area contributed by atoms with E-state index in [1.165, 1.54) is 14.6 Å². The third kappa shape index (κ3) is 9.57. The Morgan fingerprint density at radius 1 is 0.550 bits per heavy atom. The van der Waals surface area contributed by atoms with Crippen LogP contribution in [0.3, 0.4) is 0 Å². The highest BCUT2D eigenvalue weighted by atomic mass is 32.1. The molecule has 0 saturated heterocycles. The van der Waals surface area contributed by atoms with Gasteiger partial charge < -0.3 is 28.4 Å². The molecule has 6 nitrogen and oxygen atoms in total. The fourth-order valence-corrected chi connectivity index (χ4v) is 6.16.